The molecule has 0 fully saturated rings. The lowest BCUT2D eigenvalue weighted by atomic mass is 10.5. The Morgan fingerprint density at radius 1 is 1.25 bits per heavy atom. The van der Waals surface area contributed by atoms with Crippen LogP contribution in [0.1, 0.15) is 13.8 Å². The summed E-state index contributed by atoms with van der Waals surface area (Å²) in [5.74, 6) is 0. The molecule has 5 nitrogen and oxygen atoms in total. The van der Waals surface area contributed by atoms with E-state index in [2.05, 4.69) is 24.3 Å². The maximum absolute atomic E-state index is 7.45. The van der Waals surface area contributed by atoms with Gasteiger partial charge in [0.05, 0.1) is 0 Å². The third kappa shape index (κ3) is 16.7. The highest BCUT2D eigenvalue weighted by Gasteiger charge is 1.92. The second kappa shape index (κ2) is 11.2. The topological polar surface area (TPSA) is 95.7 Å². The standard InChI is InChI=1S/C6H16N2.H4NO2P/c1-3-8(4-2)6-5-7;1-4(2)3/h3-7H2,1-2H3;2-3H,1H2. The first kappa shape index (κ1) is 14.7. The van der Waals surface area contributed by atoms with Gasteiger partial charge in [0.25, 0.3) is 0 Å². The van der Waals surface area contributed by atoms with Gasteiger partial charge in [-0.05, 0) is 13.1 Å². The molecule has 0 unspecified atom stereocenters. The lowest BCUT2D eigenvalue weighted by molar-refractivity contribution is 0.312. The van der Waals surface area contributed by atoms with Crippen molar-refractivity contribution in [2.45, 2.75) is 13.8 Å². The molecule has 0 bridgehead atoms. The van der Waals surface area contributed by atoms with Gasteiger partial charge < -0.3 is 20.4 Å². The Bertz CT molecular complexity index is 78.4. The number of hydrogen-bond donors (Lipinski definition) is 4. The SMILES string of the molecule is CCN(CC)CCN.NP(O)O. The van der Waals surface area contributed by atoms with Crippen molar-refractivity contribution >= 4 is 8.53 Å². The van der Waals surface area contributed by atoms with Crippen molar-refractivity contribution in [2.75, 3.05) is 26.2 Å². The van der Waals surface area contributed by atoms with Crippen LogP contribution < -0.4 is 11.2 Å². The second-order valence-electron chi connectivity index (χ2n) is 2.14. The van der Waals surface area contributed by atoms with Crippen molar-refractivity contribution in [3.8, 4) is 0 Å². The molecule has 0 aliphatic carbocycles. The summed E-state index contributed by atoms with van der Waals surface area (Å²) in [5, 5.41) is 0. The van der Waals surface area contributed by atoms with Gasteiger partial charge >= 0.3 is 0 Å². The first-order valence-electron chi connectivity index (χ1n) is 3.93. The number of rotatable bonds is 4. The number of nitrogens with two attached hydrogens (primary N) is 2. The van der Waals surface area contributed by atoms with Gasteiger partial charge in [0, 0.05) is 13.1 Å². The van der Waals surface area contributed by atoms with Gasteiger partial charge in [-0.2, -0.15) is 0 Å². The minimum Gasteiger partial charge on any atom is -0.338 e. The predicted molar refractivity (Wildman–Crippen MR) is 52.4 cm³/mol. The molecule has 0 aromatic carbocycles. The summed E-state index contributed by atoms with van der Waals surface area (Å²) < 4.78 is 0. The zero-order valence-corrected chi connectivity index (χ0v) is 8.67. The zero-order valence-electron chi connectivity index (χ0n) is 7.77. The van der Waals surface area contributed by atoms with Crippen LogP contribution in [0.3, 0.4) is 0 Å². The molecule has 6 heteroatoms. The van der Waals surface area contributed by atoms with Crippen LogP contribution >= 0.6 is 8.53 Å². The molecule has 0 rings (SSSR count). The normalized spacial score (nSPS) is 10.0. The molecule has 0 heterocycles. The van der Waals surface area contributed by atoms with E-state index in [4.69, 9.17) is 15.5 Å². The van der Waals surface area contributed by atoms with Crippen molar-refractivity contribution < 1.29 is 9.79 Å². The Morgan fingerprint density at radius 3 is 1.67 bits per heavy atom. The molecule has 6 N–H and O–H groups in total. The summed E-state index contributed by atoms with van der Waals surface area (Å²) in [6.45, 7) is 8.36. The van der Waals surface area contributed by atoms with Crippen molar-refractivity contribution in [3.63, 3.8) is 0 Å². The molecule has 0 saturated carbocycles. The van der Waals surface area contributed by atoms with Crippen LogP contribution in [0.25, 0.3) is 0 Å². The number of likely N-dealkylation sites (N-methyl/N-ethyl adjacent to an activating group) is 1. The molecule has 0 aliphatic heterocycles. The molecule has 0 radical (unpaired) electrons. The Hall–Kier alpha value is 0.230. The van der Waals surface area contributed by atoms with Gasteiger partial charge in [0.1, 0.15) is 0 Å². The Balaban J connectivity index is 0. The van der Waals surface area contributed by atoms with Gasteiger partial charge in [-0.1, -0.05) is 13.8 Å². The lowest BCUT2D eigenvalue weighted by Crippen LogP contribution is -2.28. The maximum Gasteiger partial charge on any atom is 0.247 e. The van der Waals surface area contributed by atoms with E-state index in [1.807, 2.05) is 0 Å². The van der Waals surface area contributed by atoms with E-state index in [9.17, 15) is 0 Å². The molecular formula is C6H20N3O2P. The average molecular weight is 197 g/mol. The molecule has 0 saturated heterocycles. The van der Waals surface area contributed by atoms with Crippen molar-refractivity contribution in [2.24, 2.45) is 11.2 Å². The summed E-state index contributed by atoms with van der Waals surface area (Å²) in [5.41, 5.74) is 9.63. The molecule has 0 spiro atoms. The molecule has 12 heavy (non-hydrogen) atoms. The Morgan fingerprint density at radius 2 is 1.58 bits per heavy atom. The maximum atomic E-state index is 7.45. The fourth-order valence-electron chi connectivity index (χ4n) is 0.722. The molecule has 0 atom stereocenters. The molecule has 0 aromatic heterocycles. The van der Waals surface area contributed by atoms with Gasteiger partial charge in [0.2, 0.25) is 8.53 Å². The van der Waals surface area contributed by atoms with Crippen molar-refractivity contribution in [1.29, 1.82) is 0 Å². The van der Waals surface area contributed by atoms with E-state index in [0.29, 0.717) is 0 Å². The fourth-order valence-corrected chi connectivity index (χ4v) is 0.722. The minimum absolute atomic E-state index is 0.779. The zero-order chi connectivity index (χ0) is 9.98. The van der Waals surface area contributed by atoms with Crippen LogP contribution in [-0.2, 0) is 0 Å². The van der Waals surface area contributed by atoms with Crippen LogP contribution in [0.2, 0.25) is 0 Å². The summed E-state index contributed by atoms with van der Waals surface area (Å²) in [6.07, 6.45) is 0. The quantitative estimate of drug-likeness (QED) is 0.453. The van der Waals surface area contributed by atoms with Crippen LogP contribution in [-0.4, -0.2) is 40.9 Å². The number of nitrogens with zero attached hydrogens (tertiary/aromatic N) is 1. The monoisotopic (exact) mass is 197 g/mol. The van der Waals surface area contributed by atoms with E-state index in [-0.39, 0.29) is 0 Å². The van der Waals surface area contributed by atoms with E-state index in [0.717, 1.165) is 26.2 Å². The average Bonchev–Trinajstić information content (AvgIpc) is 1.99. The van der Waals surface area contributed by atoms with Crippen molar-refractivity contribution in [1.82, 2.24) is 4.90 Å². The van der Waals surface area contributed by atoms with Gasteiger partial charge in [-0.3, -0.25) is 5.50 Å². The highest BCUT2D eigenvalue weighted by molar-refractivity contribution is 7.42. The lowest BCUT2D eigenvalue weighted by Gasteiger charge is -2.15. The largest absolute Gasteiger partial charge is 0.338 e. The van der Waals surface area contributed by atoms with E-state index < -0.39 is 8.53 Å². The summed E-state index contributed by atoms with van der Waals surface area (Å²) in [4.78, 5) is 17.2. The summed E-state index contributed by atoms with van der Waals surface area (Å²) in [7, 11) is -2.12. The molecule has 0 aliphatic rings. The van der Waals surface area contributed by atoms with Crippen LogP contribution in [0.15, 0.2) is 0 Å². The fraction of sp³-hybridized carbons (Fsp3) is 1.00. The third-order valence-corrected chi connectivity index (χ3v) is 1.34. The predicted octanol–water partition coefficient (Wildman–Crippen LogP) is -0.556. The highest BCUT2D eigenvalue weighted by Crippen LogP contribution is 2.05. The second-order valence-corrected chi connectivity index (χ2v) is 2.78. The van der Waals surface area contributed by atoms with E-state index in [1.54, 1.807) is 0 Å². The third-order valence-electron chi connectivity index (χ3n) is 1.34. The Kier molecular flexibility index (Phi) is 13.8. The Labute approximate surface area is 75.3 Å². The summed E-state index contributed by atoms with van der Waals surface area (Å²) >= 11 is 0. The smallest absolute Gasteiger partial charge is 0.247 e. The molecule has 76 valence electrons. The van der Waals surface area contributed by atoms with Crippen LogP contribution in [0.5, 0.6) is 0 Å². The first-order valence-corrected chi connectivity index (χ1v) is 5.25. The van der Waals surface area contributed by atoms with Crippen LogP contribution in [0, 0.1) is 0 Å². The van der Waals surface area contributed by atoms with Gasteiger partial charge in [0.15, 0.2) is 0 Å². The molecular weight excluding hydrogens is 177 g/mol. The molecule has 0 aromatic rings. The minimum atomic E-state index is -2.12. The van der Waals surface area contributed by atoms with Gasteiger partial charge in [-0.15, -0.1) is 0 Å². The highest BCUT2D eigenvalue weighted by atomic mass is 31.2. The van der Waals surface area contributed by atoms with Gasteiger partial charge in [-0.25, -0.2) is 0 Å². The first-order chi connectivity index (χ1) is 5.58. The van der Waals surface area contributed by atoms with Crippen molar-refractivity contribution in [3.05, 3.63) is 0 Å². The summed E-state index contributed by atoms with van der Waals surface area (Å²) in [6, 6.07) is 0. The molecule has 0 amide bonds. The van der Waals surface area contributed by atoms with Crippen LogP contribution in [0.4, 0.5) is 0 Å². The van der Waals surface area contributed by atoms with E-state index in [1.165, 1.54) is 0 Å². The number of hydrogen-bond acceptors (Lipinski definition) is 5. The van der Waals surface area contributed by atoms with E-state index >= 15 is 0 Å².